The molecule has 2 atom stereocenters. The zero-order chi connectivity index (χ0) is 19.1. The topological polar surface area (TPSA) is 124 Å². The van der Waals surface area contributed by atoms with Gasteiger partial charge in [0.25, 0.3) is 0 Å². The molecule has 2 unspecified atom stereocenters. The van der Waals surface area contributed by atoms with Crippen LogP contribution in [0.25, 0.3) is 0 Å². The minimum absolute atomic E-state index is 0.0137. The predicted octanol–water partition coefficient (Wildman–Crippen LogP) is 3.13. The molecule has 4 N–H and O–H groups in total. The van der Waals surface area contributed by atoms with Crippen LogP contribution in [0.4, 0.5) is 0 Å². The van der Waals surface area contributed by atoms with Gasteiger partial charge in [-0.1, -0.05) is 51.9 Å². The quantitative estimate of drug-likeness (QED) is 0.294. The van der Waals surface area contributed by atoms with E-state index in [1.54, 1.807) is 0 Å². The largest absolute Gasteiger partial charge is 0.481 e. The number of aliphatic carboxylic acids is 3. The number of rotatable bonds is 17. The second-order valence-electron chi connectivity index (χ2n) is 6.51. The highest BCUT2D eigenvalue weighted by molar-refractivity contribution is 5.75. The molecule has 0 bridgehead atoms. The molecular formula is C18H33NO6. The first kappa shape index (κ1) is 23.4. The summed E-state index contributed by atoms with van der Waals surface area (Å²) in [6.07, 6.45) is 8.59. The third-order valence-corrected chi connectivity index (χ3v) is 4.33. The fourth-order valence-electron chi connectivity index (χ4n) is 2.75. The monoisotopic (exact) mass is 359 g/mol. The summed E-state index contributed by atoms with van der Waals surface area (Å²) in [5.41, 5.74) is 0. The van der Waals surface area contributed by atoms with E-state index in [0.717, 1.165) is 19.3 Å². The Morgan fingerprint density at radius 3 is 1.92 bits per heavy atom. The van der Waals surface area contributed by atoms with E-state index in [1.165, 1.54) is 25.7 Å². The summed E-state index contributed by atoms with van der Waals surface area (Å²) < 4.78 is 0. The Morgan fingerprint density at radius 2 is 1.40 bits per heavy atom. The van der Waals surface area contributed by atoms with E-state index in [-0.39, 0.29) is 19.4 Å². The normalized spacial score (nSPS) is 13.3. The fourth-order valence-corrected chi connectivity index (χ4v) is 2.75. The first-order valence-corrected chi connectivity index (χ1v) is 9.29. The minimum atomic E-state index is -1.11. The zero-order valence-electron chi connectivity index (χ0n) is 15.2. The molecule has 0 fully saturated rings. The van der Waals surface area contributed by atoms with Gasteiger partial charge in [0.1, 0.15) is 6.04 Å². The Kier molecular flexibility index (Phi) is 13.7. The van der Waals surface area contributed by atoms with Crippen LogP contribution in [0.1, 0.15) is 77.6 Å². The maximum atomic E-state index is 11.3. The first-order valence-electron chi connectivity index (χ1n) is 9.29. The van der Waals surface area contributed by atoms with E-state index < -0.39 is 29.9 Å². The van der Waals surface area contributed by atoms with Gasteiger partial charge in [0.2, 0.25) is 0 Å². The smallest absolute Gasteiger partial charge is 0.320 e. The average Bonchev–Trinajstić information content (AvgIpc) is 2.54. The van der Waals surface area contributed by atoms with Gasteiger partial charge in [-0.15, -0.1) is 0 Å². The van der Waals surface area contributed by atoms with Crippen molar-refractivity contribution < 1.29 is 29.7 Å². The van der Waals surface area contributed by atoms with Crippen LogP contribution in [-0.4, -0.2) is 45.8 Å². The van der Waals surface area contributed by atoms with E-state index >= 15 is 0 Å². The molecule has 0 rings (SSSR count). The molecule has 0 radical (unpaired) electrons. The molecule has 0 amide bonds. The van der Waals surface area contributed by atoms with Crippen molar-refractivity contribution in [2.45, 2.75) is 83.6 Å². The van der Waals surface area contributed by atoms with Crippen molar-refractivity contribution in [1.82, 2.24) is 5.32 Å². The number of carboxylic acids is 3. The van der Waals surface area contributed by atoms with Crippen molar-refractivity contribution in [1.29, 1.82) is 0 Å². The van der Waals surface area contributed by atoms with Gasteiger partial charge in [0.05, 0.1) is 5.92 Å². The van der Waals surface area contributed by atoms with Gasteiger partial charge in [0.15, 0.2) is 0 Å². The Labute approximate surface area is 149 Å². The van der Waals surface area contributed by atoms with Crippen LogP contribution in [-0.2, 0) is 14.4 Å². The minimum Gasteiger partial charge on any atom is -0.481 e. The summed E-state index contributed by atoms with van der Waals surface area (Å²) in [7, 11) is 0. The van der Waals surface area contributed by atoms with Crippen LogP contribution < -0.4 is 5.32 Å². The van der Waals surface area contributed by atoms with Gasteiger partial charge >= 0.3 is 17.9 Å². The van der Waals surface area contributed by atoms with Crippen molar-refractivity contribution in [3.8, 4) is 0 Å². The molecule has 0 saturated carbocycles. The molecule has 0 aliphatic heterocycles. The van der Waals surface area contributed by atoms with Crippen molar-refractivity contribution in [2.75, 3.05) is 6.54 Å². The second-order valence-corrected chi connectivity index (χ2v) is 6.51. The maximum absolute atomic E-state index is 11.3. The van der Waals surface area contributed by atoms with Crippen molar-refractivity contribution in [2.24, 2.45) is 5.92 Å². The van der Waals surface area contributed by atoms with Crippen LogP contribution >= 0.6 is 0 Å². The van der Waals surface area contributed by atoms with Crippen LogP contribution in [0.5, 0.6) is 0 Å². The summed E-state index contributed by atoms with van der Waals surface area (Å²) in [6.45, 7) is 2.42. The SMILES string of the molecule is CCCCCCCCCC(CCNC(CCC(=O)O)C(=O)O)C(=O)O. The Morgan fingerprint density at radius 1 is 0.800 bits per heavy atom. The molecule has 0 aliphatic carbocycles. The van der Waals surface area contributed by atoms with Gasteiger partial charge < -0.3 is 20.6 Å². The van der Waals surface area contributed by atoms with E-state index in [4.69, 9.17) is 10.2 Å². The van der Waals surface area contributed by atoms with Gasteiger partial charge in [-0.05, 0) is 25.8 Å². The van der Waals surface area contributed by atoms with E-state index in [2.05, 4.69) is 12.2 Å². The Bertz CT molecular complexity index is 399. The molecule has 0 saturated heterocycles. The van der Waals surface area contributed by atoms with Crippen LogP contribution in [0, 0.1) is 5.92 Å². The number of carbonyl (C=O) groups is 3. The molecule has 0 aromatic carbocycles. The lowest BCUT2D eigenvalue weighted by Crippen LogP contribution is -2.38. The summed E-state index contributed by atoms with van der Waals surface area (Å²) >= 11 is 0. The van der Waals surface area contributed by atoms with Crippen molar-refractivity contribution >= 4 is 17.9 Å². The number of hydrogen-bond donors (Lipinski definition) is 4. The lowest BCUT2D eigenvalue weighted by atomic mass is 9.97. The zero-order valence-corrected chi connectivity index (χ0v) is 15.2. The molecule has 0 aliphatic rings. The molecule has 7 heteroatoms. The summed E-state index contributed by atoms with van der Waals surface area (Å²) in [6, 6.07) is -0.955. The standard InChI is InChI=1S/C18H33NO6/c1-2-3-4-5-6-7-8-9-14(17(22)23)12-13-19-15(18(24)25)10-11-16(20)21/h14-15,19H,2-13H2,1H3,(H,20,21)(H,22,23)(H,24,25). The number of nitrogens with one attached hydrogen (secondary N) is 1. The lowest BCUT2D eigenvalue weighted by molar-refractivity contribution is -0.142. The highest BCUT2D eigenvalue weighted by Gasteiger charge is 2.20. The van der Waals surface area contributed by atoms with Crippen LogP contribution in [0.2, 0.25) is 0 Å². The molecule has 7 nitrogen and oxygen atoms in total. The third kappa shape index (κ3) is 13.3. The summed E-state index contributed by atoms with van der Waals surface area (Å²) in [5.74, 6) is -3.50. The van der Waals surface area contributed by atoms with Crippen molar-refractivity contribution in [3.63, 3.8) is 0 Å². The Hall–Kier alpha value is -1.63. The maximum Gasteiger partial charge on any atom is 0.320 e. The van der Waals surface area contributed by atoms with E-state index in [1.807, 2.05) is 0 Å². The highest BCUT2D eigenvalue weighted by Crippen LogP contribution is 2.16. The highest BCUT2D eigenvalue weighted by atomic mass is 16.4. The second kappa shape index (κ2) is 14.7. The van der Waals surface area contributed by atoms with Crippen LogP contribution in [0.15, 0.2) is 0 Å². The summed E-state index contributed by atoms with van der Waals surface area (Å²) in [4.78, 5) is 32.9. The fraction of sp³-hybridized carbons (Fsp3) is 0.833. The molecule has 0 aromatic rings. The molecule has 0 heterocycles. The summed E-state index contributed by atoms with van der Waals surface area (Å²) in [5, 5.41) is 29.7. The first-order chi connectivity index (χ1) is 11.9. The third-order valence-electron chi connectivity index (χ3n) is 4.33. The van der Waals surface area contributed by atoms with Crippen LogP contribution in [0.3, 0.4) is 0 Å². The van der Waals surface area contributed by atoms with Gasteiger partial charge in [-0.2, -0.15) is 0 Å². The van der Waals surface area contributed by atoms with Gasteiger partial charge in [-0.25, -0.2) is 0 Å². The molecule has 0 spiro atoms. The molecule has 25 heavy (non-hydrogen) atoms. The molecule has 146 valence electrons. The molecular weight excluding hydrogens is 326 g/mol. The van der Waals surface area contributed by atoms with Gasteiger partial charge in [0, 0.05) is 6.42 Å². The predicted molar refractivity (Wildman–Crippen MR) is 94.6 cm³/mol. The van der Waals surface area contributed by atoms with Crippen molar-refractivity contribution in [3.05, 3.63) is 0 Å². The number of carboxylic acid groups (broad SMARTS) is 3. The van der Waals surface area contributed by atoms with E-state index in [9.17, 15) is 19.5 Å². The Balaban J connectivity index is 4.02. The average molecular weight is 359 g/mol. The number of unbranched alkanes of at least 4 members (excludes halogenated alkanes) is 6. The van der Waals surface area contributed by atoms with E-state index in [0.29, 0.717) is 12.8 Å². The number of hydrogen-bond acceptors (Lipinski definition) is 4. The molecule has 0 aromatic heterocycles. The lowest BCUT2D eigenvalue weighted by Gasteiger charge is -2.16. The van der Waals surface area contributed by atoms with Gasteiger partial charge in [-0.3, -0.25) is 14.4 Å².